The van der Waals surface area contributed by atoms with Gasteiger partial charge in [-0.2, -0.15) is 0 Å². The number of fused-ring (bicyclic) bond motifs is 1. The van der Waals surface area contributed by atoms with E-state index in [2.05, 4.69) is 5.32 Å². The van der Waals surface area contributed by atoms with Crippen molar-refractivity contribution in [2.75, 3.05) is 18.5 Å². The monoisotopic (exact) mass is 273 g/mol. The third-order valence-electron chi connectivity index (χ3n) is 3.03. The van der Waals surface area contributed by atoms with E-state index in [9.17, 15) is 4.79 Å². The fourth-order valence-corrected chi connectivity index (χ4v) is 2.00. The summed E-state index contributed by atoms with van der Waals surface area (Å²) >= 11 is 0. The molecule has 0 saturated carbocycles. The standard InChI is InChI=1S/C15H15NO4/c1-2-11-4-6-13(20-11)15(17)16-10-3-5-12-14(9-10)19-8-7-18-12/h3-6,9H,2,7-8H2,1H3,(H,16,17). The van der Waals surface area contributed by atoms with Crippen molar-refractivity contribution in [1.29, 1.82) is 0 Å². The van der Waals surface area contributed by atoms with Crippen molar-refractivity contribution < 1.29 is 18.7 Å². The molecule has 0 radical (unpaired) electrons. The Balaban J connectivity index is 1.75. The predicted octanol–water partition coefficient (Wildman–Crippen LogP) is 2.87. The lowest BCUT2D eigenvalue weighted by molar-refractivity contribution is 0.0995. The fourth-order valence-electron chi connectivity index (χ4n) is 2.00. The molecule has 2 heterocycles. The van der Waals surface area contributed by atoms with Gasteiger partial charge < -0.3 is 19.2 Å². The van der Waals surface area contributed by atoms with Gasteiger partial charge in [-0.3, -0.25) is 4.79 Å². The number of benzene rings is 1. The third kappa shape index (κ3) is 2.47. The van der Waals surface area contributed by atoms with E-state index in [-0.39, 0.29) is 5.91 Å². The molecule has 5 heteroatoms. The molecule has 1 amide bonds. The number of amides is 1. The topological polar surface area (TPSA) is 60.7 Å². The Labute approximate surface area is 116 Å². The molecule has 0 spiro atoms. The van der Waals surface area contributed by atoms with Crippen LogP contribution in [0.4, 0.5) is 5.69 Å². The number of rotatable bonds is 3. The molecule has 5 nitrogen and oxygen atoms in total. The van der Waals surface area contributed by atoms with Gasteiger partial charge in [0.15, 0.2) is 17.3 Å². The minimum Gasteiger partial charge on any atom is -0.486 e. The summed E-state index contributed by atoms with van der Waals surface area (Å²) in [7, 11) is 0. The van der Waals surface area contributed by atoms with Crippen LogP contribution in [0.5, 0.6) is 11.5 Å². The minimum atomic E-state index is -0.277. The molecule has 0 fully saturated rings. The zero-order valence-electron chi connectivity index (χ0n) is 11.1. The molecule has 20 heavy (non-hydrogen) atoms. The van der Waals surface area contributed by atoms with E-state index in [1.165, 1.54) is 0 Å². The van der Waals surface area contributed by atoms with E-state index in [0.29, 0.717) is 36.2 Å². The van der Waals surface area contributed by atoms with Crippen molar-refractivity contribution in [3.05, 3.63) is 41.9 Å². The predicted molar refractivity (Wildman–Crippen MR) is 73.5 cm³/mol. The molecule has 3 rings (SSSR count). The van der Waals surface area contributed by atoms with E-state index in [4.69, 9.17) is 13.9 Å². The van der Waals surface area contributed by atoms with Crippen LogP contribution in [0.3, 0.4) is 0 Å². The van der Waals surface area contributed by atoms with Crippen LogP contribution >= 0.6 is 0 Å². The normalized spacial score (nSPS) is 13.1. The van der Waals surface area contributed by atoms with Crippen molar-refractivity contribution in [2.24, 2.45) is 0 Å². The largest absolute Gasteiger partial charge is 0.486 e. The van der Waals surface area contributed by atoms with Gasteiger partial charge in [-0.15, -0.1) is 0 Å². The van der Waals surface area contributed by atoms with Crippen molar-refractivity contribution >= 4 is 11.6 Å². The summed E-state index contributed by atoms with van der Waals surface area (Å²) in [5.74, 6) is 2.15. The quantitative estimate of drug-likeness (QED) is 0.934. The van der Waals surface area contributed by atoms with Crippen LogP contribution in [0.1, 0.15) is 23.2 Å². The van der Waals surface area contributed by atoms with E-state index in [1.54, 1.807) is 30.3 Å². The second kappa shape index (κ2) is 5.28. The third-order valence-corrected chi connectivity index (χ3v) is 3.03. The van der Waals surface area contributed by atoms with Crippen molar-refractivity contribution in [2.45, 2.75) is 13.3 Å². The first-order valence-electron chi connectivity index (χ1n) is 6.56. The molecule has 0 atom stereocenters. The zero-order valence-corrected chi connectivity index (χ0v) is 11.1. The lowest BCUT2D eigenvalue weighted by Gasteiger charge is -2.18. The van der Waals surface area contributed by atoms with Gasteiger partial charge in [0.2, 0.25) is 0 Å². The maximum atomic E-state index is 12.0. The van der Waals surface area contributed by atoms with Crippen LogP contribution in [-0.4, -0.2) is 19.1 Å². The summed E-state index contributed by atoms with van der Waals surface area (Å²) in [6.45, 7) is 3.04. The van der Waals surface area contributed by atoms with Crippen molar-refractivity contribution in [3.8, 4) is 11.5 Å². The molecule has 1 aromatic heterocycles. The van der Waals surface area contributed by atoms with Gasteiger partial charge in [0.1, 0.15) is 19.0 Å². The van der Waals surface area contributed by atoms with E-state index in [0.717, 1.165) is 12.2 Å². The molecule has 0 aliphatic carbocycles. The van der Waals surface area contributed by atoms with Gasteiger partial charge in [0.25, 0.3) is 5.91 Å². The zero-order chi connectivity index (χ0) is 13.9. The Hall–Kier alpha value is -2.43. The number of nitrogens with one attached hydrogen (secondary N) is 1. The molecule has 104 valence electrons. The van der Waals surface area contributed by atoms with Gasteiger partial charge in [-0.25, -0.2) is 0 Å². The SMILES string of the molecule is CCc1ccc(C(=O)Nc2ccc3c(c2)OCCO3)o1. The van der Waals surface area contributed by atoms with E-state index < -0.39 is 0 Å². The summed E-state index contributed by atoms with van der Waals surface area (Å²) in [5.41, 5.74) is 0.647. The number of carbonyl (C=O) groups is 1. The molecular weight excluding hydrogens is 258 g/mol. The van der Waals surface area contributed by atoms with Crippen molar-refractivity contribution in [1.82, 2.24) is 0 Å². The van der Waals surface area contributed by atoms with Crippen LogP contribution in [-0.2, 0) is 6.42 Å². The number of hydrogen-bond donors (Lipinski definition) is 1. The Kier molecular flexibility index (Phi) is 3.33. The lowest BCUT2D eigenvalue weighted by Crippen LogP contribution is -2.16. The first kappa shape index (κ1) is 12.6. The summed E-state index contributed by atoms with van der Waals surface area (Å²) in [6.07, 6.45) is 0.761. The van der Waals surface area contributed by atoms with Crippen LogP contribution in [0.25, 0.3) is 0 Å². The number of hydrogen-bond acceptors (Lipinski definition) is 4. The van der Waals surface area contributed by atoms with E-state index >= 15 is 0 Å². The molecule has 1 N–H and O–H groups in total. The summed E-state index contributed by atoms with van der Waals surface area (Å²) in [4.78, 5) is 12.0. The molecule has 1 aliphatic heterocycles. The van der Waals surface area contributed by atoms with Gasteiger partial charge in [0.05, 0.1) is 0 Å². The number of ether oxygens (including phenoxy) is 2. The molecule has 0 saturated heterocycles. The van der Waals surface area contributed by atoms with Gasteiger partial charge in [0, 0.05) is 18.2 Å². The second-order valence-corrected chi connectivity index (χ2v) is 4.43. The van der Waals surface area contributed by atoms with Crippen LogP contribution in [0.2, 0.25) is 0 Å². The summed E-state index contributed by atoms with van der Waals surface area (Å²) < 4.78 is 16.3. The van der Waals surface area contributed by atoms with Crippen LogP contribution < -0.4 is 14.8 Å². The Morgan fingerprint density at radius 3 is 2.70 bits per heavy atom. The Morgan fingerprint density at radius 2 is 1.95 bits per heavy atom. The number of aryl methyl sites for hydroxylation is 1. The highest BCUT2D eigenvalue weighted by molar-refractivity contribution is 6.02. The molecular formula is C15H15NO4. The average molecular weight is 273 g/mol. The second-order valence-electron chi connectivity index (χ2n) is 4.43. The number of anilines is 1. The van der Waals surface area contributed by atoms with E-state index in [1.807, 2.05) is 6.92 Å². The van der Waals surface area contributed by atoms with Crippen LogP contribution in [0, 0.1) is 0 Å². The summed E-state index contributed by atoms with van der Waals surface area (Å²) in [6, 6.07) is 8.78. The smallest absolute Gasteiger partial charge is 0.291 e. The Morgan fingerprint density at radius 1 is 1.15 bits per heavy atom. The molecule has 2 aromatic rings. The number of carbonyl (C=O) groups excluding carboxylic acids is 1. The maximum Gasteiger partial charge on any atom is 0.291 e. The fraction of sp³-hybridized carbons (Fsp3) is 0.267. The first-order valence-corrected chi connectivity index (χ1v) is 6.56. The van der Waals surface area contributed by atoms with Crippen LogP contribution in [0.15, 0.2) is 34.7 Å². The summed E-state index contributed by atoms with van der Waals surface area (Å²) in [5, 5.41) is 2.78. The van der Waals surface area contributed by atoms with Gasteiger partial charge >= 0.3 is 0 Å². The van der Waals surface area contributed by atoms with Gasteiger partial charge in [-0.1, -0.05) is 6.92 Å². The Bertz CT molecular complexity index is 633. The highest BCUT2D eigenvalue weighted by Crippen LogP contribution is 2.32. The minimum absolute atomic E-state index is 0.277. The van der Waals surface area contributed by atoms with Crippen molar-refractivity contribution in [3.63, 3.8) is 0 Å². The molecule has 1 aromatic carbocycles. The molecule has 1 aliphatic rings. The van der Waals surface area contributed by atoms with Gasteiger partial charge in [-0.05, 0) is 24.3 Å². The molecule has 0 unspecified atom stereocenters. The maximum absolute atomic E-state index is 12.0. The molecule has 0 bridgehead atoms. The average Bonchev–Trinajstić information content (AvgIpc) is 2.96. The number of furan rings is 1. The lowest BCUT2D eigenvalue weighted by atomic mass is 10.2. The highest BCUT2D eigenvalue weighted by Gasteiger charge is 2.15. The highest BCUT2D eigenvalue weighted by atomic mass is 16.6. The first-order chi connectivity index (χ1) is 9.76.